The maximum Gasteiger partial charge on any atom is 0.288 e. The summed E-state index contributed by atoms with van der Waals surface area (Å²) in [7, 11) is 0. The minimum Gasteiger partial charge on any atom is -0.457 e. The molecular weight excluding hydrogens is 412 g/mol. The first-order chi connectivity index (χ1) is 11.9. The smallest absolute Gasteiger partial charge is 0.288 e. The molecule has 0 saturated heterocycles. The van der Waals surface area contributed by atoms with Crippen molar-refractivity contribution in [2.75, 3.05) is 0 Å². The van der Waals surface area contributed by atoms with Crippen LogP contribution in [0.1, 0.15) is 31.4 Å². The van der Waals surface area contributed by atoms with Gasteiger partial charge in [0, 0.05) is 16.0 Å². The van der Waals surface area contributed by atoms with E-state index >= 15 is 0 Å². The number of ether oxygens (including phenoxy) is 1. The number of nitriles is 1. The van der Waals surface area contributed by atoms with Crippen LogP contribution >= 0.6 is 27.7 Å². The van der Waals surface area contributed by atoms with Gasteiger partial charge in [0.1, 0.15) is 11.5 Å². The summed E-state index contributed by atoms with van der Waals surface area (Å²) in [6.45, 7) is 1.52. The first kappa shape index (κ1) is 19.7. The van der Waals surface area contributed by atoms with Gasteiger partial charge in [0.15, 0.2) is 0 Å². The number of allylic oxidation sites excluding steroid dienone is 5. The van der Waals surface area contributed by atoms with Crippen LogP contribution in [0.5, 0.6) is 5.75 Å². The van der Waals surface area contributed by atoms with E-state index in [9.17, 15) is 13.9 Å². The molecule has 3 nitrogen and oxygen atoms in total. The van der Waals surface area contributed by atoms with Gasteiger partial charge in [0.25, 0.3) is 5.76 Å². The van der Waals surface area contributed by atoms with E-state index in [0.29, 0.717) is 56.6 Å². The van der Waals surface area contributed by atoms with Crippen LogP contribution in [0.2, 0.25) is 0 Å². The van der Waals surface area contributed by atoms with E-state index in [1.54, 1.807) is 24.3 Å². The molecule has 0 bridgehead atoms. The van der Waals surface area contributed by atoms with Crippen LogP contribution in [0.3, 0.4) is 0 Å². The molecule has 7 heteroatoms. The highest BCUT2D eigenvalue weighted by atomic mass is 79.9. The SMILES string of the molecule is CC(O)c1c(SC(F)F)ccc(OC2=CCC/C(C#N)=C/C=C2)c1Br. The van der Waals surface area contributed by atoms with E-state index in [0.717, 1.165) is 0 Å². The second-order valence-electron chi connectivity index (χ2n) is 5.25. The molecule has 0 heterocycles. The van der Waals surface area contributed by atoms with E-state index in [1.807, 2.05) is 6.08 Å². The van der Waals surface area contributed by atoms with Crippen molar-refractivity contribution in [2.24, 2.45) is 0 Å². The van der Waals surface area contributed by atoms with Gasteiger partial charge in [-0.2, -0.15) is 14.0 Å². The van der Waals surface area contributed by atoms with Crippen molar-refractivity contribution < 1.29 is 18.6 Å². The van der Waals surface area contributed by atoms with Crippen molar-refractivity contribution in [3.8, 4) is 11.8 Å². The molecule has 1 unspecified atom stereocenters. The molecule has 1 aliphatic carbocycles. The predicted octanol–water partition coefficient (Wildman–Crippen LogP) is 5.88. The second kappa shape index (κ2) is 9.18. The van der Waals surface area contributed by atoms with Gasteiger partial charge in [0.05, 0.1) is 16.6 Å². The highest BCUT2D eigenvalue weighted by molar-refractivity contribution is 9.10. The topological polar surface area (TPSA) is 53.2 Å². The quantitative estimate of drug-likeness (QED) is 0.596. The Balaban J connectivity index is 2.30. The molecule has 1 aromatic rings. The van der Waals surface area contributed by atoms with Crippen LogP contribution in [-0.4, -0.2) is 10.9 Å². The number of hydrogen-bond acceptors (Lipinski definition) is 4. The van der Waals surface area contributed by atoms with Crippen molar-refractivity contribution in [2.45, 2.75) is 36.5 Å². The Morgan fingerprint density at radius 3 is 2.80 bits per heavy atom. The molecule has 0 aromatic heterocycles. The minimum absolute atomic E-state index is 0.299. The Morgan fingerprint density at radius 1 is 1.40 bits per heavy atom. The normalized spacial score (nSPS) is 17.8. The third-order valence-electron chi connectivity index (χ3n) is 3.43. The number of alkyl halides is 2. The van der Waals surface area contributed by atoms with Gasteiger partial charge in [-0.05, 0) is 66.1 Å². The zero-order valence-corrected chi connectivity index (χ0v) is 15.8. The Labute approximate surface area is 157 Å². The fourth-order valence-electron chi connectivity index (χ4n) is 2.30. The molecule has 1 aliphatic rings. The molecule has 1 aromatic carbocycles. The maximum atomic E-state index is 12.7. The number of aliphatic hydroxyl groups is 1. The van der Waals surface area contributed by atoms with Crippen LogP contribution < -0.4 is 4.74 Å². The average molecular weight is 428 g/mol. The Morgan fingerprint density at radius 2 is 2.16 bits per heavy atom. The number of thioether (sulfide) groups is 1. The van der Waals surface area contributed by atoms with Gasteiger partial charge in [-0.25, -0.2) is 0 Å². The summed E-state index contributed by atoms with van der Waals surface area (Å²) in [6, 6.07) is 5.23. The molecule has 132 valence electrons. The van der Waals surface area contributed by atoms with Crippen molar-refractivity contribution in [3.63, 3.8) is 0 Å². The third-order valence-corrected chi connectivity index (χ3v) is 5.03. The molecule has 1 N–H and O–H groups in total. The van der Waals surface area contributed by atoms with Crippen molar-refractivity contribution in [1.82, 2.24) is 0 Å². The molecule has 25 heavy (non-hydrogen) atoms. The van der Waals surface area contributed by atoms with Crippen LogP contribution in [0.4, 0.5) is 8.78 Å². The standard InChI is InChI=1S/C18H16BrF2NO2S/c1-11(23)16-15(25-18(20)21)9-8-14(17(16)19)24-13-6-2-4-12(10-22)5-3-7-13/h2,4,6-9,11,18,23H,3,5H2,1H3/b6-2?,12-4-,13-7?. The molecule has 0 radical (unpaired) electrons. The number of hydrogen-bond donors (Lipinski definition) is 1. The molecule has 0 spiro atoms. The maximum absolute atomic E-state index is 12.7. The molecule has 2 rings (SSSR count). The summed E-state index contributed by atoms with van der Waals surface area (Å²) in [4.78, 5) is 0.299. The lowest BCUT2D eigenvalue weighted by Crippen LogP contribution is -2.01. The van der Waals surface area contributed by atoms with E-state index in [2.05, 4.69) is 22.0 Å². The lowest BCUT2D eigenvalue weighted by Gasteiger charge is -2.17. The van der Waals surface area contributed by atoms with Gasteiger partial charge in [0.2, 0.25) is 0 Å². The summed E-state index contributed by atoms with van der Waals surface area (Å²) >= 11 is 3.74. The van der Waals surface area contributed by atoms with Gasteiger partial charge >= 0.3 is 0 Å². The Kier molecular flexibility index (Phi) is 7.24. The molecule has 0 saturated carbocycles. The molecule has 0 amide bonds. The van der Waals surface area contributed by atoms with Gasteiger partial charge in [-0.1, -0.05) is 17.8 Å². The van der Waals surface area contributed by atoms with Gasteiger partial charge in [-0.3, -0.25) is 0 Å². The number of rotatable bonds is 5. The van der Waals surface area contributed by atoms with Crippen LogP contribution in [0.15, 0.2) is 57.1 Å². The average Bonchev–Trinajstić information content (AvgIpc) is 2.51. The Bertz CT molecular complexity index is 767. The summed E-state index contributed by atoms with van der Waals surface area (Å²) in [5, 5.41) is 18.9. The van der Waals surface area contributed by atoms with Gasteiger partial charge < -0.3 is 9.84 Å². The summed E-state index contributed by atoms with van der Waals surface area (Å²) in [6.07, 6.45) is 7.39. The lowest BCUT2D eigenvalue weighted by molar-refractivity contribution is 0.194. The summed E-state index contributed by atoms with van der Waals surface area (Å²) in [5.74, 6) is -1.57. The van der Waals surface area contributed by atoms with Crippen molar-refractivity contribution in [1.29, 1.82) is 5.26 Å². The zero-order chi connectivity index (χ0) is 18.4. The van der Waals surface area contributed by atoms with E-state index in [-0.39, 0.29) is 0 Å². The number of benzene rings is 1. The molecule has 0 fully saturated rings. The van der Waals surface area contributed by atoms with E-state index in [1.165, 1.54) is 13.0 Å². The largest absolute Gasteiger partial charge is 0.457 e. The first-order valence-electron chi connectivity index (χ1n) is 7.53. The summed E-state index contributed by atoms with van der Waals surface area (Å²) < 4.78 is 31.7. The third kappa shape index (κ3) is 5.43. The fraction of sp³-hybridized carbons (Fsp3) is 0.278. The number of nitrogens with zero attached hydrogens (tertiary/aromatic N) is 1. The highest BCUT2D eigenvalue weighted by Crippen LogP contribution is 2.41. The van der Waals surface area contributed by atoms with E-state index in [4.69, 9.17) is 10.00 Å². The predicted molar refractivity (Wildman–Crippen MR) is 97.4 cm³/mol. The molecule has 1 atom stereocenters. The van der Waals surface area contributed by atoms with Crippen molar-refractivity contribution in [3.05, 3.63) is 57.8 Å². The molecular formula is C18H16BrF2NO2S. The molecule has 0 aliphatic heterocycles. The zero-order valence-electron chi connectivity index (χ0n) is 13.4. The second-order valence-corrected chi connectivity index (χ2v) is 7.08. The first-order valence-corrected chi connectivity index (χ1v) is 9.20. The lowest BCUT2D eigenvalue weighted by atomic mass is 10.1. The highest BCUT2D eigenvalue weighted by Gasteiger charge is 2.20. The Hall–Kier alpha value is -1.62. The monoisotopic (exact) mass is 427 g/mol. The number of halogens is 3. The summed E-state index contributed by atoms with van der Waals surface area (Å²) in [5.41, 5.74) is 1.06. The van der Waals surface area contributed by atoms with E-state index < -0.39 is 11.9 Å². The van der Waals surface area contributed by atoms with Crippen LogP contribution in [0.25, 0.3) is 0 Å². The van der Waals surface area contributed by atoms with Gasteiger partial charge in [-0.15, -0.1) is 0 Å². The van der Waals surface area contributed by atoms with Crippen LogP contribution in [-0.2, 0) is 0 Å². The van der Waals surface area contributed by atoms with Crippen molar-refractivity contribution >= 4 is 27.7 Å². The fourth-order valence-corrected chi connectivity index (χ4v) is 3.93. The number of aliphatic hydroxyl groups excluding tert-OH is 1. The minimum atomic E-state index is -2.58. The van der Waals surface area contributed by atoms with Crippen LogP contribution in [0, 0.1) is 11.3 Å².